The molecule has 0 bridgehead atoms. The van der Waals surface area contributed by atoms with Gasteiger partial charge >= 0.3 is 5.97 Å². The summed E-state index contributed by atoms with van der Waals surface area (Å²) in [7, 11) is 1.76. The summed E-state index contributed by atoms with van der Waals surface area (Å²) in [4.78, 5) is 24.6. The zero-order valence-corrected chi connectivity index (χ0v) is 13.2. The number of rotatable bonds is 6. The maximum absolute atomic E-state index is 12.4. The summed E-state index contributed by atoms with van der Waals surface area (Å²) in [5.41, 5.74) is 1.22. The number of carboxylic acids is 1. The molecule has 1 fully saturated rings. The molecule has 4 heteroatoms. The van der Waals surface area contributed by atoms with Crippen molar-refractivity contribution in [3.05, 3.63) is 48.0 Å². The smallest absolute Gasteiger partial charge is 0.303 e. The Hall–Kier alpha value is -2.36. The highest BCUT2D eigenvalue weighted by molar-refractivity contribution is 5.85. The fourth-order valence-corrected chi connectivity index (χ4v) is 3.14. The van der Waals surface area contributed by atoms with E-state index in [1.807, 2.05) is 12.1 Å². The molecule has 1 amide bonds. The minimum absolute atomic E-state index is 0.0472. The molecule has 120 valence electrons. The van der Waals surface area contributed by atoms with E-state index >= 15 is 0 Å². The molecule has 1 N–H and O–H groups in total. The van der Waals surface area contributed by atoms with Crippen LogP contribution in [-0.2, 0) is 9.59 Å². The van der Waals surface area contributed by atoms with Crippen LogP contribution in [0.1, 0.15) is 30.7 Å². The Bertz CT molecular complexity index is 740. The summed E-state index contributed by atoms with van der Waals surface area (Å²) in [5, 5.41) is 11.1. The first kappa shape index (κ1) is 15.5. The Kier molecular flexibility index (Phi) is 4.33. The van der Waals surface area contributed by atoms with Crippen molar-refractivity contribution in [2.24, 2.45) is 5.92 Å². The predicted molar refractivity (Wildman–Crippen MR) is 89.3 cm³/mol. The highest BCUT2D eigenvalue weighted by atomic mass is 16.4. The number of amides is 1. The zero-order valence-electron chi connectivity index (χ0n) is 13.2. The van der Waals surface area contributed by atoms with Gasteiger partial charge in [0.2, 0.25) is 5.91 Å². The molecule has 0 saturated heterocycles. The van der Waals surface area contributed by atoms with Crippen LogP contribution in [-0.4, -0.2) is 35.5 Å². The number of aliphatic carboxylic acids is 1. The van der Waals surface area contributed by atoms with E-state index in [1.54, 1.807) is 11.9 Å². The predicted octanol–water partition coefficient (Wildman–Crippen LogP) is 3.27. The largest absolute Gasteiger partial charge is 0.481 e. The SMILES string of the molecule is CN(CCCC(=O)O)C(=O)C1CC1c1ccc2ccccc2c1. The van der Waals surface area contributed by atoms with Gasteiger partial charge in [-0.3, -0.25) is 9.59 Å². The van der Waals surface area contributed by atoms with Gasteiger partial charge in [0.05, 0.1) is 0 Å². The highest BCUT2D eigenvalue weighted by Gasteiger charge is 2.45. The minimum Gasteiger partial charge on any atom is -0.481 e. The summed E-state index contributed by atoms with van der Waals surface area (Å²) in [6, 6.07) is 14.6. The van der Waals surface area contributed by atoms with Crippen molar-refractivity contribution in [2.75, 3.05) is 13.6 Å². The van der Waals surface area contributed by atoms with E-state index in [-0.39, 0.29) is 18.2 Å². The molecule has 23 heavy (non-hydrogen) atoms. The van der Waals surface area contributed by atoms with Gasteiger partial charge < -0.3 is 10.0 Å². The summed E-state index contributed by atoms with van der Waals surface area (Å²) in [6.45, 7) is 0.506. The first-order chi connectivity index (χ1) is 11.1. The van der Waals surface area contributed by atoms with Gasteiger partial charge in [-0.15, -0.1) is 0 Å². The van der Waals surface area contributed by atoms with Crippen molar-refractivity contribution in [3.8, 4) is 0 Å². The molecule has 2 atom stereocenters. The van der Waals surface area contributed by atoms with Crippen molar-refractivity contribution >= 4 is 22.6 Å². The number of benzene rings is 2. The molecule has 0 aliphatic heterocycles. The Labute approximate surface area is 135 Å². The number of fused-ring (bicyclic) bond motifs is 1. The molecule has 0 radical (unpaired) electrons. The third kappa shape index (κ3) is 3.52. The molecule has 1 saturated carbocycles. The lowest BCUT2D eigenvalue weighted by Crippen LogP contribution is -2.29. The summed E-state index contributed by atoms with van der Waals surface area (Å²) >= 11 is 0. The fraction of sp³-hybridized carbons (Fsp3) is 0.368. The molecule has 1 aliphatic carbocycles. The van der Waals surface area contributed by atoms with Crippen LogP contribution in [0.5, 0.6) is 0 Å². The van der Waals surface area contributed by atoms with Crippen LogP contribution in [0.2, 0.25) is 0 Å². The van der Waals surface area contributed by atoms with Crippen LogP contribution in [0.3, 0.4) is 0 Å². The molecular weight excluding hydrogens is 290 g/mol. The summed E-state index contributed by atoms with van der Waals surface area (Å²) in [6.07, 6.45) is 1.50. The molecular formula is C19H21NO3. The van der Waals surface area contributed by atoms with E-state index in [9.17, 15) is 9.59 Å². The highest BCUT2D eigenvalue weighted by Crippen LogP contribution is 2.48. The number of carbonyl (C=O) groups excluding carboxylic acids is 1. The van der Waals surface area contributed by atoms with E-state index in [0.29, 0.717) is 18.9 Å². The van der Waals surface area contributed by atoms with Crippen molar-refractivity contribution in [2.45, 2.75) is 25.2 Å². The van der Waals surface area contributed by atoms with E-state index in [2.05, 4.69) is 30.3 Å². The first-order valence-corrected chi connectivity index (χ1v) is 8.02. The topological polar surface area (TPSA) is 57.6 Å². The molecule has 2 aromatic rings. The molecule has 1 aliphatic rings. The van der Waals surface area contributed by atoms with Gasteiger partial charge in [-0.05, 0) is 35.1 Å². The second-order valence-corrected chi connectivity index (χ2v) is 6.31. The lowest BCUT2D eigenvalue weighted by atomic mass is 10.0. The lowest BCUT2D eigenvalue weighted by molar-refractivity contribution is -0.138. The van der Waals surface area contributed by atoms with E-state index in [1.165, 1.54) is 16.3 Å². The average molecular weight is 311 g/mol. The van der Waals surface area contributed by atoms with E-state index < -0.39 is 5.97 Å². The van der Waals surface area contributed by atoms with Gasteiger partial charge in [0.15, 0.2) is 0 Å². The molecule has 4 nitrogen and oxygen atoms in total. The molecule has 0 aromatic heterocycles. The van der Waals surface area contributed by atoms with Crippen molar-refractivity contribution < 1.29 is 14.7 Å². The Morgan fingerprint density at radius 3 is 2.65 bits per heavy atom. The van der Waals surface area contributed by atoms with Gasteiger partial charge in [0, 0.05) is 25.9 Å². The van der Waals surface area contributed by atoms with Crippen LogP contribution in [0, 0.1) is 5.92 Å². The fourth-order valence-electron chi connectivity index (χ4n) is 3.14. The normalized spacial score (nSPS) is 19.5. The monoisotopic (exact) mass is 311 g/mol. The van der Waals surface area contributed by atoms with Crippen LogP contribution in [0.4, 0.5) is 0 Å². The number of nitrogens with zero attached hydrogens (tertiary/aromatic N) is 1. The number of carbonyl (C=O) groups is 2. The Balaban J connectivity index is 1.61. The Morgan fingerprint density at radius 2 is 1.91 bits per heavy atom. The van der Waals surface area contributed by atoms with E-state index in [4.69, 9.17) is 5.11 Å². The average Bonchev–Trinajstić information content (AvgIpc) is 3.33. The van der Waals surface area contributed by atoms with Crippen molar-refractivity contribution in [3.63, 3.8) is 0 Å². The van der Waals surface area contributed by atoms with Gasteiger partial charge in [-0.25, -0.2) is 0 Å². The molecule has 0 spiro atoms. The molecule has 0 heterocycles. The number of carboxylic acid groups (broad SMARTS) is 1. The minimum atomic E-state index is -0.814. The van der Waals surface area contributed by atoms with Gasteiger partial charge in [-0.1, -0.05) is 42.5 Å². The second-order valence-electron chi connectivity index (χ2n) is 6.31. The van der Waals surface area contributed by atoms with Crippen LogP contribution >= 0.6 is 0 Å². The molecule has 2 aromatic carbocycles. The number of hydrogen-bond acceptors (Lipinski definition) is 2. The standard InChI is InChI=1S/C19H21NO3/c1-20(10-4-7-18(21)22)19(23)17-12-16(17)15-9-8-13-5-2-3-6-14(13)11-15/h2-3,5-6,8-9,11,16-17H,4,7,10,12H2,1H3,(H,21,22). The van der Waals surface area contributed by atoms with Crippen molar-refractivity contribution in [1.29, 1.82) is 0 Å². The van der Waals surface area contributed by atoms with Crippen LogP contribution in [0.25, 0.3) is 10.8 Å². The van der Waals surface area contributed by atoms with Gasteiger partial charge in [0.25, 0.3) is 0 Å². The molecule has 3 rings (SSSR count). The third-order valence-electron chi connectivity index (χ3n) is 4.57. The Morgan fingerprint density at radius 1 is 1.17 bits per heavy atom. The van der Waals surface area contributed by atoms with Gasteiger partial charge in [-0.2, -0.15) is 0 Å². The summed E-state index contributed by atoms with van der Waals surface area (Å²) in [5.74, 6) is -0.333. The lowest BCUT2D eigenvalue weighted by Gasteiger charge is -2.16. The van der Waals surface area contributed by atoms with E-state index in [0.717, 1.165) is 6.42 Å². The van der Waals surface area contributed by atoms with Crippen LogP contribution < -0.4 is 0 Å². The summed E-state index contributed by atoms with van der Waals surface area (Å²) < 4.78 is 0. The van der Waals surface area contributed by atoms with Gasteiger partial charge in [0.1, 0.15) is 0 Å². The maximum atomic E-state index is 12.4. The van der Waals surface area contributed by atoms with Crippen LogP contribution in [0.15, 0.2) is 42.5 Å². The second kappa shape index (κ2) is 6.41. The quantitative estimate of drug-likeness (QED) is 0.891. The number of hydrogen-bond donors (Lipinski definition) is 1. The molecule has 2 unspecified atom stereocenters. The third-order valence-corrected chi connectivity index (χ3v) is 4.57. The zero-order chi connectivity index (χ0) is 16.4. The van der Waals surface area contributed by atoms with Crippen molar-refractivity contribution in [1.82, 2.24) is 4.90 Å². The maximum Gasteiger partial charge on any atom is 0.303 e. The first-order valence-electron chi connectivity index (χ1n) is 8.02.